The van der Waals surface area contributed by atoms with E-state index in [1.807, 2.05) is 17.9 Å². The molecule has 5 heteroatoms. The molecule has 0 saturated heterocycles. The molecule has 118 valence electrons. The molecule has 1 heterocycles. The molecule has 0 aliphatic heterocycles. The van der Waals surface area contributed by atoms with E-state index in [1.165, 1.54) is 0 Å². The highest BCUT2D eigenvalue weighted by Crippen LogP contribution is 2.16. The van der Waals surface area contributed by atoms with Gasteiger partial charge in [-0.25, -0.2) is 4.98 Å². The van der Waals surface area contributed by atoms with Crippen LogP contribution in [0.1, 0.15) is 49.7 Å². The van der Waals surface area contributed by atoms with Crippen molar-refractivity contribution < 1.29 is 9.53 Å². The molecule has 1 rings (SSSR count). The van der Waals surface area contributed by atoms with Crippen molar-refractivity contribution in [2.45, 2.75) is 46.1 Å². The lowest BCUT2D eigenvalue weighted by atomic mass is 10.1. The minimum atomic E-state index is -0.0111. The standard InChI is InChI=1S/C16H25ClN2O2/c1-5-7-14-10-13(11-15(17)18-14)16(20)19(8-9-21-4)12(3)6-2/h10-12H,5-9H2,1-4H3. The van der Waals surface area contributed by atoms with Gasteiger partial charge in [-0.3, -0.25) is 4.79 Å². The highest BCUT2D eigenvalue weighted by Gasteiger charge is 2.21. The van der Waals surface area contributed by atoms with E-state index in [-0.39, 0.29) is 11.9 Å². The van der Waals surface area contributed by atoms with Crippen LogP contribution >= 0.6 is 11.6 Å². The van der Waals surface area contributed by atoms with Gasteiger partial charge < -0.3 is 9.64 Å². The number of carbonyl (C=O) groups excluding carboxylic acids is 1. The van der Waals surface area contributed by atoms with Crippen LogP contribution in [-0.2, 0) is 11.2 Å². The van der Waals surface area contributed by atoms with Gasteiger partial charge in [0.1, 0.15) is 5.15 Å². The van der Waals surface area contributed by atoms with Crippen molar-refractivity contribution in [2.24, 2.45) is 0 Å². The van der Waals surface area contributed by atoms with Crippen molar-refractivity contribution in [3.63, 3.8) is 0 Å². The molecule has 21 heavy (non-hydrogen) atoms. The van der Waals surface area contributed by atoms with E-state index >= 15 is 0 Å². The topological polar surface area (TPSA) is 42.4 Å². The van der Waals surface area contributed by atoms with Crippen molar-refractivity contribution in [1.29, 1.82) is 0 Å². The van der Waals surface area contributed by atoms with Crippen LogP contribution < -0.4 is 0 Å². The Hall–Kier alpha value is -1.13. The molecule has 1 amide bonds. The SMILES string of the molecule is CCCc1cc(C(=O)N(CCOC)C(C)CC)cc(Cl)n1. The number of aryl methyl sites for hydroxylation is 1. The average molecular weight is 313 g/mol. The van der Waals surface area contributed by atoms with Gasteiger partial charge in [0, 0.05) is 31.0 Å². The van der Waals surface area contributed by atoms with E-state index < -0.39 is 0 Å². The Kier molecular flexibility index (Phi) is 7.68. The summed E-state index contributed by atoms with van der Waals surface area (Å²) in [5, 5.41) is 0.375. The molecule has 0 fully saturated rings. The Balaban J connectivity index is 3.01. The molecule has 0 saturated carbocycles. The average Bonchev–Trinajstić information content (AvgIpc) is 2.46. The van der Waals surface area contributed by atoms with Crippen LogP contribution in [-0.4, -0.2) is 42.1 Å². The monoisotopic (exact) mass is 312 g/mol. The lowest BCUT2D eigenvalue weighted by Crippen LogP contribution is -2.40. The molecule has 1 aromatic rings. The maximum atomic E-state index is 12.7. The first-order valence-corrected chi connectivity index (χ1v) is 7.87. The fourth-order valence-electron chi connectivity index (χ4n) is 2.16. The van der Waals surface area contributed by atoms with Gasteiger partial charge >= 0.3 is 0 Å². The zero-order chi connectivity index (χ0) is 15.8. The van der Waals surface area contributed by atoms with Crippen LogP contribution in [0.5, 0.6) is 0 Å². The Morgan fingerprint density at radius 1 is 1.43 bits per heavy atom. The highest BCUT2D eigenvalue weighted by molar-refractivity contribution is 6.29. The maximum Gasteiger partial charge on any atom is 0.254 e. The lowest BCUT2D eigenvalue weighted by Gasteiger charge is -2.28. The second kappa shape index (κ2) is 9.00. The van der Waals surface area contributed by atoms with Crippen LogP contribution in [0.4, 0.5) is 0 Å². The Bertz CT molecular complexity index is 466. The van der Waals surface area contributed by atoms with E-state index in [2.05, 4.69) is 18.8 Å². The third kappa shape index (κ3) is 5.29. The summed E-state index contributed by atoms with van der Waals surface area (Å²) >= 11 is 6.05. The molecule has 0 bridgehead atoms. The number of rotatable bonds is 8. The first-order chi connectivity index (χ1) is 10.0. The quantitative estimate of drug-likeness (QED) is 0.689. The van der Waals surface area contributed by atoms with Gasteiger partial charge in [-0.1, -0.05) is 31.9 Å². The predicted octanol–water partition coefficient (Wildman–Crippen LogP) is 3.57. The molecule has 0 aliphatic carbocycles. The highest BCUT2D eigenvalue weighted by atomic mass is 35.5. The van der Waals surface area contributed by atoms with Crippen LogP contribution in [0.3, 0.4) is 0 Å². The Labute approximate surface area is 132 Å². The normalized spacial score (nSPS) is 12.2. The molecule has 1 aromatic heterocycles. The maximum absolute atomic E-state index is 12.7. The zero-order valence-electron chi connectivity index (χ0n) is 13.4. The van der Waals surface area contributed by atoms with E-state index in [9.17, 15) is 4.79 Å². The molecule has 0 aromatic carbocycles. The Morgan fingerprint density at radius 2 is 2.14 bits per heavy atom. The summed E-state index contributed by atoms with van der Waals surface area (Å²) in [6.45, 7) is 7.29. The molecule has 4 nitrogen and oxygen atoms in total. The molecule has 1 atom stereocenters. The number of nitrogens with zero attached hydrogens (tertiary/aromatic N) is 2. The molecular formula is C16H25ClN2O2. The zero-order valence-corrected chi connectivity index (χ0v) is 14.1. The lowest BCUT2D eigenvalue weighted by molar-refractivity contribution is 0.0613. The summed E-state index contributed by atoms with van der Waals surface area (Å²) < 4.78 is 5.11. The van der Waals surface area contributed by atoms with Gasteiger partial charge in [0.15, 0.2) is 0 Å². The summed E-state index contributed by atoms with van der Waals surface area (Å²) in [6.07, 6.45) is 2.69. The molecule has 0 aliphatic rings. The smallest absolute Gasteiger partial charge is 0.254 e. The second-order valence-corrected chi connectivity index (χ2v) is 5.56. The third-order valence-corrected chi connectivity index (χ3v) is 3.71. The summed E-state index contributed by atoms with van der Waals surface area (Å²) in [6, 6.07) is 3.65. The van der Waals surface area contributed by atoms with Crippen molar-refractivity contribution >= 4 is 17.5 Å². The van der Waals surface area contributed by atoms with E-state index in [1.54, 1.807) is 13.2 Å². The Morgan fingerprint density at radius 3 is 2.71 bits per heavy atom. The van der Waals surface area contributed by atoms with Crippen LogP contribution in [0.2, 0.25) is 5.15 Å². The molecule has 1 unspecified atom stereocenters. The predicted molar refractivity (Wildman–Crippen MR) is 85.9 cm³/mol. The molecular weight excluding hydrogens is 288 g/mol. The van der Waals surface area contributed by atoms with Gasteiger partial charge in [0.2, 0.25) is 0 Å². The number of amides is 1. The van der Waals surface area contributed by atoms with Gasteiger partial charge in [0.25, 0.3) is 5.91 Å². The number of aromatic nitrogens is 1. The number of carbonyl (C=O) groups is 1. The van der Waals surface area contributed by atoms with Gasteiger partial charge in [-0.05, 0) is 31.9 Å². The van der Waals surface area contributed by atoms with Crippen LogP contribution in [0.25, 0.3) is 0 Å². The summed E-state index contributed by atoms with van der Waals surface area (Å²) in [5.74, 6) is -0.0111. The first-order valence-electron chi connectivity index (χ1n) is 7.49. The van der Waals surface area contributed by atoms with Crippen molar-refractivity contribution in [1.82, 2.24) is 9.88 Å². The number of pyridine rings is 1. The van der Waals surface area contributed by atoms with Crippen molar-refractivity contribution in [3.05, 3.63) is 28.5 Å². The van der Waals surface area contributed by atoms with Crippen molar-refractivity contribution in [3.8, 4) is 0 Å². The number of hydrogen-bond acceptors (Lipinski definition) is 3. The number of halogens is 1. The number of methoxy groups -OCH3 is 1. The number of hydrogen-bond donors (Lipinski definition) is 0. The minimum Gasteiger partial charge on any atom is -0.383 e. The number of ether oxygens (including phenoxy) is 1. The summed E-state index contributed by atoms with van der Waals surface area (Å²) in [4.78, 5) is 18.8. The van der Waals surface area contributed by atoms with E-state index in [0.717, 1.165) is 25.0 Å². The van der Waals surface area contributed by atoms with E-state index in [0.29, 0.717) is 23.9 Å². The fraction of sp³-hybridized carbons (Fsp3) is 0.625. The summed E-state index contributed by atoms with van der Waals surface area (Å²) in [7, 11) is 1.64. The first kappa shape index (κ1) is 17.9. The largest absolute Gasteiger partial charge is 0.383 e. The van der Waals surface area contributed by atoms with Crippen molar-refractivity contribution in [2.75, 3.05) is 20.3 Å². The van der Waals surface area contributed by atoms with Crippen LogP contribution in [0, 0.1) is 0 Å². The second-order valence-electron chi connectivity index (χ2n) is 5.17. The van der Waals surface area contributed by atoms with Gasteiger partial charge in [-0.2, -0.15) is 0 Å². The van der Waals surface area contributed by atoms with Gasteiger partial charge in [-0.15, -0.1) is 0 Å². The minimum absolute atomic E-state index is 0.0111. The molecule has 0 radical (unpaired) electrons. The molecule has 0 N–H and O–H groups in total. The van der Waals surface area contributed by atoms with Crippen LogP contribution in [0.15, 0.2) is 12.1 Å². The summed E-state index contributed by atoms with van der Waals surface area (Å²) in [5.41, 5.74) is 1.47. The van der Waals surface area contributed by atoms with E-state index in [4.69, 9.17) is 16.3 Å². The molecule has 0 spiro atoms. The van der Waals surface area contributed by atoms with Gasteiger partial charge in [0.05, 0.1) is 6.61 Å². The third-order valence-electron chi connectivity index (χ3n) is 3.52. The fourth-order valence-corrected chi connectivity index (χ4v) is 2.38.